The van der Waals surface area contributed by atoms with Gasteiger partial charge in [0.15, 0.2) is 0 Å². The van der Waals surface area contributed by atoms with Crippen LogP contribution in [0.1, 0.15) is 30.7 Å². The lowest BCUT2D eigenvalue weighted by molar-refractivity contribution is -0.142. The topological polar surface area (TPSA) is 161 Å². The van der Waals surface area contributed by atoms with E-state index in [1.807, 2.05) is 30.3 Å². The summed E-state index contributed by atoms with van der Waals surface area (Å²) in [7, 11) is 4.46. The van der Waals surface area contributed by atoms with Crippen LogP contribution in [-0.4, -0.2) is 75.6 Å². The summed E-state index contributed by atoms with van der Waals surface area (Å²) in [5.74, 6) is 0.490. The zero-order chi connectivity index (χ0) is 32.1. The Labute approximate surface area is 264 Å². The number of aliphatic hydroxyl groups excluding tert-OH is 1. The van der Waals surface area contributed by atoms with Gasteiger partial charge in [-0.05, 0) is 18.6 Å². The molecule has 238 valence electrons. The van der Waals surface area contributed by atoms with Crippen LogP contribution >= 0.6 is 11.6 Å². The van der Waals surface area contributed by atoms with Crippen LogP contribution in [0, 0.1) is 0 Å². The standard InChI is InChI=1S/C31H36ClN7O6/c1-38-26(16-34-15-21(40)12-28(42)44-2)37-39-17-19(11-25(39)31(38)43)22-5-4-6-23(29(22)32)24-9-7-18(30(36-24)45-3)13-33-14-20-8-10-27(41)35-20/h4-7,9,11,17,20-21,33-34,40H,8,10,12-16H2,1-3H3,(H,35,41)/t20-,21-/m0/s1. The number of rotatable bonds is 13. The van der Waals surface area contributed by atoms with E-state index in [-0.39, 0.29) is 37.0 Å². The number of esters is 1. The molecule has 1 aliphatic heterocycles. The Morgan fingerprint density at radius 2 is 1.98 bits per heavy atom. The number of hydrogen-bond donors (Lipinski definition) is 4. The second kappa shape index (κ2) is 14.2. The number of benzene rings is 1. The summed E-state index contributed by atoms with van der Waals surface area (Å²) < 4.78 is 13.1. The van der Waals surface area contributed by atoms with Crippen molar-refractivity contribution in [1.82, 2.24) is 35.1 Å². The fraction of sp³-hybridized carbons (Fsp3) is 0.387. The van der Waals surface area contributed by atoms with Gasteiger partial charge in [0.2, 0.25) is 11.8 Å². The molecule has 0 unspecified atom stereocenters. The van der Waals surface area contributed by atoms with E-state index in [9.17, 15) is 19.5 Å². The van der Waals surface area contributed by atoms with Crippen molar-refractivity contribution < 1.29 is 24.2 Å². The van der Waals surface area contributed by atoms with E-state index in [0.29, 0.717) is 64.1 Å². The van der Waals surface area contributed by atoms with Crippen LogP contribution in [0.25, 0.3) is 27.9 Å². The van der Waals surface area contributed by atoms with Crippen molar-refractivity contribution in [1.29, 1.82) is 0 Å². The lowest BCUT2D eigenvalue weighted by Gasteiger charge is -2.14. The molecule has 3 aromatic heterocycles. The van der Waals surface area contributed by atoms with Gasteiger partial charge in [0, 0.05) is 67.6 Å². The molecule has 5 rings (SSSR count). The zero-order valence-corrected chi connectivity index (χ0v) is 26.1. The Morgan fingerprint density at radius 3 is 2.71 bits per heavy atom. The lowest BCUT2D eigenvalue weighted by Crippen LogP contribution is -2.35. The summed E-state index contributed by atoms with van der Waals surface area (Å²) in [6.07, 6.45) is 2.05. The number of fused-ring (bicyclic) bond motifs is 1. The molecule has 4 heterocycles. The Bertz CT molecular complexity index is 1770. The highest BCUT2D eigenvalue weighted by molar-refractivity contribution is 6.36. The number of halogens is 1. The maximum Gasteiger partial charge on any atom is 0.308 e. The number of carbonyl (C=O) groups excluding carboxylic acids is 2. The van der Waals surface area contributed by atoms with Crippen molar-refractivity contribution >= 4 is 29.0 Å². The van der Waals surface area contributed by atoms with Gasteiger partial charge in [0.05, 0.1) is 44.0 Å². The number of hydrogen-bond acceptors (Lipinski definition) is 10. The van der Waals surface area contributed by atoms with Crippen molar-refractivity contribution in [3.63, 3.8) is 0 Å². The number of pyridine rings is 1. The summed E-state index contributed by atoms with van der Waals surface area (Å²) in [6.45, 7) is 1.51. The second-order valence-corrected chi connectivity index (χ2v) is 11.2. The first kappa shape index (κ1) is 32.1. The largest absolute Gasteiger partial charge is 0.481 e. The minimum atomic E-state index is -0.930. The average Bonchev–Trinajstić information content (AvgIpc) is 3.65. The first-order valence-electron chi connectivity index (χ1n) is 14.6. The quantitative estimate of drug-likeness (QED) is 0.159. The molecule has 0 bridgehead atoms. The molecule has 14 heteroatoms. The molecule has 0 aliphatic carbocycles. The third-order valence-corrected chi connectivity index (χ3v) is 8.14. The molecule has 1 amide bonds. The van der Waals surface area contributed by atoms with E-state index < -0.39 is 12.1 Å². The predicted molar refractivity (Wildman–Crippen MR) is 168 cm³/mol. The maximum atomic E-state index is 13.2. The predicted octanol–water partition coefficient (Wildman–Crippen LogP) is 1.81. The van der Waals surface area contributed by atoms with Crippen molar-refractivity contribution in [2.75, 3.05) is 27.3 Å². The number of aliphatic hydroxyl groups is 1. The molecule has 1 saturated heterocycles. The number of amides is 1. The van der Waals surface area contributed by atoms with Gasteiger partial charge < -0.3 is 30.5 Å². The van der Waals surface area contributed by atoms with E-state index >= 15 is 0 Å². The molecule has 1 aliphatic rings. The third kappa shape index (κ3) is 7.34. The number of aromatic nitrogens is 4. The van der Waals surface area contributed by atoms with E-state index in [0.717, 1.165) is 12.0 Å². The van der Waals surface area contributed by atoms with E-state index in [4.69, 9.17) is 21.3 Å². The summed E-state index contributed by atoms with van der Waals surface area (Å²) in [5, 5.41) is 24.4. The Balaban J connectivity index is 1.34. The minimum Gasteiger partial charge on any atom is -0.481 e. The Hall–Kier alpha value is -4.30. The van der Waals surface area contributed by atoms with Crippen molar-refractivity contribution in [3.05, 3.63) is 69.4 Å². The number of methoxy groups -OCH3 is 2. The van der Waals surface area contributed by atoms with Crippen LogP contribution in [0.2, 0.25) is 5.02 Å². The molecule has 1 fully saturated rings. The molecule has 45 heavy (non-hydrogen) atoms. The summed E-state index contributed by atoms with van der Waals surface area (Å²) >= 11 is 6.95. The van der Waals surface area contributed by atoms with E-state index in [1.165, 1.54) is 16.2 Å². The summed E-state index contributed by atoms with van der Waals surface area (Å²) in [6, 6.07) is 11.3. The summed E-state index contributed by atoms with van der Waals surface area (Å²) in [5.41, 5.74) is 3.74. The molecule has 4 N–H and O–H groups in total. The van der Waals surface area contributed by atoms with Crippen molar-refractivity contribution in [2.45, 2.75) is 44.5 Å². The molecular weight excluding hydrogens is 602 g/mol. The molecule has 0 radical (unpaired) electrons. The van der Waals surface area contributed by atoms with Gasteiger partial charge in [0.25, 0.3) is 5.56 Å². The van der Waals surface area contributed by atoms with Gasteiger partial charge in [-0.3, -0.25) is 19.0 Å². The van der Waals surface area contributed by atoms with Crippen LogP contribution in [0.4, 0.5) is 0 Å². The fourth-order valence-corrected chi connectivity index (χ4v) is 5.60. The van der Waals surface area contributed by atoms with Gasteiger partial charge in [-0.15, -0.1) is 0 Å². The second-order valence-electron chi connectivity index (χ2n) is 10.9. The summed E-state index contributed by atoms with van der Waals surface area (Å²) in [4.78, 5) is 40.7. The first-order valence-corrected chi connectivity index (χ1v) is 14.9. The lowest BCUT2D eigenvalue weighted by atomic mass is 10.0. The van der Waals surface area contributed by atoms with Gasteiger partial charge in [-0.25, -0.2) is 9.50 Å². The average molecular weight is 638 g/mol. The highest BCUT2D eigenvalue weighted by Crippen LogP contribution is 2.37. The van der Waals surface area contributed by atoms with Crippen LogP contribution < -0.4 is 26.2 Å². The van der Waals surface area contributed by atoms with Gasteiger partial charge in [-0.2, -0.15) is 5.10 Å². The molecular formula is C31H36ClN7O6. The number of nitrogens with zero attached hydrogens (tertiary/aromatic N) is 4. The highest BCUT2D eigenvalue weighted by Gasteiger charge is 2.21. The van der Waals surface area contributed by atoms with Crippen LogP contribution in [0.15, 0.2) is 47.4 Å². The molecule has 13 nitrogen and oxygen atoms in total. The van der Waals surface area contributed by atoms with Gasteiger partial charge in [-0.1, -0.05) is 35.9 Å². The van der Waals surface area contributed by atoms with Crippen molar-refractivity contribution in [3.8, 4) is 28.3 Å². The Kier molecular flexibility index (Phi) is 10.1. The fourth-order valence-electron chi connectivity index (χ4n) is 5.27. The number of nitrogens with one attached hydrogen (secondary N) is 3. The normalized spacial score (nSPS) is 15.3. The van der Waals surface area contributed by atoms with E-state index in [1.54, 1.807) is 26.4 Å². The van der Waals surface area contributed by atoms with Crippen LogP contribution in [-0.2, 0) is 34.5 Å². The molecule has 4 aromatic rings. The van der Waals surface area contributed by atoms with Gasteiger partial charge >= 0.3 is 5.97 Å². The molecule has 2 atom stereocenters. The zero-order valence-electron chi connectivity index (χ0n) is 25.3. The van der Waals surface area contributed by atoms with Crippen LogP contribution in [0.5, 0.6) is 5.88 Å². The third-order valence-electron chi connectivity index (χ3n) is 7.74. The highest BCUT2D eigenvalue weighted by atomic mass is 35.5. The molecule has 0 spiro atoms. The van der Waals surface area contributed by atoms with E-state index in [2.05, 4.69) is 25.8 Å². The smallest absolute Gasteiger partial charge is 0.308 e. The number of carbonyl (C=O) groups is 2. The molecule has 0 saturated carbocycles. The maximum absolute atomic E-state index is 13.2. The van der Waals surface area contributed by atoms with Gasteiger partial charge in [0.1, 0.15) is 11.3 Å². The van der Waals surface area contributed by atoms with Crippen molar-refractivity contribution in [2.24, 2.45) is 7.05 Å². The monoisotopic (exact) mass is 637 g/mol. The molecule has 1 aromatic carbocycles. The number of ether oxygens (including phenoxy) is 2. The Morgan fingerprint density at radius 1 is 1.18 bits per heavy atom. The minimum absolute atomic E-state index is 0.0840. The SMILES string of the molecule is COC(=O)C[C@H](O)CNCc1nn2cc(-c3cccc(-c4ccc(CNC[C@@H]5CCC(=O)N5)c(OC)n4)c3Cl)cc2c(=O)n1C. The van der Waals surface area contributed by atoms with Crippen LogP contribution in [0.3, 0.4) is 0 Å². The first-order chi connectivity index (χ1) is 21.7.